The number of nitrogens with zero attached hydrogens (tertiary/aromatic N) is 4. The quantitative estimate of drug-likeness (QED) is 0.464. The molecular weight excluding hydrogens is 278 g/mol. The molecule has 0 atom stereocenters. The molecular formula is C12H15N5S2. The zero-order valence-corrected chi connectivity index (χ0v) is 12.0. The van der Waals surface area contributed by atoms with Gasteiger partial charge in [-0.2, -0.15) is 4.13 Å². The average Bonchev–Trinajstić information content (AvgIpc) is 2.42. The molecule has 0 rings (SSSR count). The second-order valence-electron chi connectivity index (χ2n) is 2.50. The lowest BCUT2D eigenvalue weighted by Gasteiger charge is -2.01. The third-order valence-electron chi connectivity index (χ3n) is 1.25. The van der Waals surface area contributed by atoms with Gasteiger partial charge in [0.2, 0.25) is 10.3 Å². The molecule has 0 aliphatic carbocycles. The number of allylic oxidation sites excluding steroid dienone is 2. The SMILES string of the molecule is C=C/C=N\C(=N/C=C)SNSC(/N=C\C=C)=N/C=C. The van der Waals surface area contributed by atoms with Crippen molar-refractivity contribution in [2.45, 2.75) is 0 Å². The Balaban J connectivity index is 4.44. The first-order valence-corrected chi connectivity index (χ1v) is 6.68. The van der Waals surface area contributed by atoms with Crippen LogP contribution in [0.1, 0.15) is 0 Å². The lowest BCUT2D eigenvalue weighted by Crippen LogP contribution is -2.01. The van der Waals surface area contributed by atoms with Crippen molar-refractivity contribution in [3.05, 3.63) is 50.9 Å². The molecule has 0 saturated heterocycles. The first-order valence-electron chi connectivity index (χ1n) is 5.04. The normalized spacial score (nSPS) is 12.8. The highest BCUT2D eigenvalue weighted by Crippen LogP contribution is 2.10. The molecule has 0 radical (unpaired) electrons. The van der Waals surface area contributed by atoms with E-state index >= 15 is 0 Å². The summed E-state index contributed by atoms with van der Waals surface area (Å²) in [4.78, 5) is 16.0. The van der Waals surface area contributed by atoms with Gasteiger partial charge in [0.05, 0.1) is 0 Å². The standard InChI is InChI=1S/C12H15N5S2/c1-5-9-15-11(13-7-3)18-17-19-12(14-8-4)16-10-6-2/h5-10,17H,1-4H2/b13-11+,14-12+,15-9-,16-10-. The zero-order chi connectivity index (χ0) is 14.3. The van der Waals surface area contributed by atoms with E-state index in [2.05, 4.69) is 50.4 Å². The van der Waals surface area contributed by atoms with E-state index in [1.54, 1.807) is 12.2 Å². The summed E-state index contributed by atoms with van der Waals surface area (Å²) in [6.45, 7) is 14.1. The van der Waals surface area contributed by atoms with Gasteiger partial charge in [-0.1, -0.05) is 38.5 Å². The average molecular weight is 293 g/mol. The van der Waals surface area contributed by atoms with Crippen LogP contribution in [0.4, 0.5) is 0 Å². The summed E-state index contributed by atoms with van der Waals surface area (Å²) in [5.41, 5.74) is 0. The highest BCUT2D eigenvalue weighted by molar-refractivity contribution is 8.26. The Morgan fingerprint density at radius 2 is 1.21 bits per heavy atom. The molecule has 0 unspecified atom stereocenters. The van der Waals surface area contributed by atoms with Crippen molar-refractivity contribution in [3.8, 4) is 0 Å². The number of rotatable bonds is 6. The highest BCUT2D eigenvalue weighted by Gasteiger charge is 2.00. The van der Waals surface area contributed by atoms with E-state index in [9.17, 15) is 0 Å². The second kappa shape index (κ2) is 12.7. The van der Waals surface area contributed by atoms with Gasteiger partial charge in [0, 0.05) is 48.7 Å². The van der Waals surface area contributed by atoms with Gasteiger partial charge in [-0.05, 0) is 0 Å². The second-order valence-corrected chi connectivity index (χ2v) is 4.31. The smallest absolute Gasteiger partial charge is 0.203 e. The Hall–Kier alpha value is -1.70. The first-order chi connectivity index (χ1) is 9.28. The monoisotopic (exact) mass is 293 g/mol. The number of nitrogens with one attached hydrogen (secondary N) is 1. The van der Waals surface area contributed by atoms with Crippen LogP contribution in [0, 0.1) is 0 Å². The summed E-state index contributed by atoms with van der Waals surface area (Å²) < 4.78 is 2.95. The number of amidine groups is 2. The van der Waals surface area contributed by atoms with Crippen LogP contribution >= 0.6 is 23.9 Å². The molecule has 1 N–H and O–H groups in total. The van der Waals surface area contributed by atoms with Crippen LogP contribution in [-0.2, 0) is 0 Å². The fourth-order valence-electron chi connectivity index (χ4n) is 0.657. The molecule has 0 amide bonds. The largest absolute Gasteiger partial charge is 0.231 e. The maximum Gasteiger partial charge on any atom is 0.203 e. The molecule has 0 aliphatic rings. The predicted molar refractivity (Wildman–Crippen MR) is 91.0 cm³/mol. The van der Waals surface area contributed by atoms with E-state index in [-0.39, 0.29) is 0 Å². The van der Waals surface area contributed by atoms with E-state index < -0.39 is 0 Å². The van der Waals surface area contributed by atoms with Crippen LogP contribution in [0.15, 0.2) is 70.8 Å². The summed E-state index contributed by atoms with van der Waals surface area (Å²) in [5.74, 6) is 0. The maximum atomic E-state index is 4.05. The van der Waals surface area contributed by atoms with Crippen LogP contribution in [0.3, 0.4) is 0 Å². The lowest BCUT2D eigenvalue weighted by molar-refractivity contribution is 1.55. The number of aliphatic imine (C=N–C) groups is 4. The van der Waals surface area contributed by atoms with Crippen molar-refractivity contribution in [3.63, 3.8) is 0 Å². The molecule has 0 bridgehead atoms. The molecule has 0 aromatic carbocycles. The van der Waals surface area contributed by atoms with Gasteiger partial charge in [-0.25, -0.2) is 20.0 Å². The van der Waals surface area contributed by atoms with Crippen LogP contribution in [-0.4, -0.2) is 22.8 Å². The zero-order valence-electron chi connectivity index (χ0n) is 10.4. The van der Waals surface area contributed by atoms with Gasteiger partial charge < -0.3 is 0 Å². The van der Waals surface area contributed by atoms with Gasteiger partial charge in [0.25, 0.3) is 0 Å². The topological polar surface area (TPSA) is 61.5 Å². The molecule has 0 aliphatic heterocycles. The van der Waals surface area contributed by atoms with Gasteiger partial charge in [0.15, 0.2) is 0 Å². The Morgan fingerprint density at radius 3 is 1.53 bits per heavy atom. The predicted octanol–water partition coefficient (Wildman–Crippen LogP) is 3.39. The molecule has 0 aromatic rings. The first kappa shape index (κ1) is 17.3. The van der Waals surface area contributed by atoms with Gasteiger partial charge in [-0.3, -0.25) is 0 Å². The summed E-state index contributed by atoms with van der Waals surface area (Å²) in [7, 11) is 0. The van der Waals surface area contributed by atoms with Gasteiger partial charge >= 0.3 is 0 Å². The van der Waals surface area contributed by atoms with Crippen molar-refractivity contribution in [1.82, 2.24) is 4.13 Å². The molecule has 0 spiro atoms. The maximum absolute atomic E-state index is 4.05. The summed E-state index contributed by atoms with van der Waals surface area (Å²) in [5, 5.41) is 0.987. The lowest BCUT2D eigenvalue weighted by atomic mass is 10.7. The molecule has 5 nitrogen and oxygen atoms in total. The van der Waals surface area contributed by atoms with Crippen molar-refractivity contribution < 1.29 is 0 Å². The van der Waals surface area contributed by atoms with E-state index in [0.717, 1.165) is 0 Å². The van der Waals surface area contributed by atoms with E-state index in [4.69, 9.17) is 0 Å². The van der Waals surface area contributed by atoms with Crippen LogP contribution < -0.4 is 4.13 Å². The summed E-state index contributed by atoms with van der Waals surface area (Å²) in [6, 6.07) is 0. The minimum Gasteiger partial charge on any atom is -0.231 e. The van der Waals surface area contributed by atoms with Crippen LogP contribution in [0.5, 0.6) is 0 Å². The number of hydrogen-bond donors (Lipinski definition) is 1. The molecule has 0 saturated carbocycles. The highest BCUT2D eigenvalue weighted by atomic mass is 32.2. The van der Waals surface area contributed by atoms with Crippen LogP contribution in [0.25, 0.3) is 0 Å². The molecule has 0 aromatic heterocycles. The minimum absolute atomic E-state index is 0.494. The van der Waals surface area contributed by atoms with Crippen molar-refractivity contribution in [2.24, 2.45) is 20.0 Å². The molecule has 100 valence electrons. The number of hydrogen-bond acceptors (Lipinski definition) is 5. The van der Waals surface area contributed by atoms with E-state index in [0.29, 0.717) is 10.3 Å². The Morgan fingerprint density at radius 1 is 0.789 bits per heavy atom. The third-order valence-corrected chi connectivity index (χ3v) is 2.70. The van der Waals surface area contributed by atoms with Crippen LogP contribution in [0.2, 0.25) is 0 Å². The third kappa shape index (κ3) is 9.95. The molecule has 0 heterocycles. The summed E-state index contributed by atoms with van der Waals surface area (Å²) in [6.07, 6.45) is 9.01. The fraction of sp³-hybridized carbons (Fsp3) is 0. The Labute approximate surface area is 122 Å². The molecule has 0 fully saturated rings. The van der Waals surface area contributed by atoms with Gasteiger partial charge in [0.1, 0.15) is 0 Å². The van der Waals surface area contributed by atoms with E-state index in [1.807, 2.05) is 0 Å². The van der Waals surface area contributed by atoms with E-state index in [1.165, 1.54) is 48.7 Å². The minimum atomic E-state index is 0.494. The Kier molecular flexibility index (Phi) is 11.6. The Bertz CT molecular complexity index is 395. The molecule has 19 heavy (non-hydrogen) atoms. The van der Waals surface area contributed by atoms with Crippen molar-refractivity contribution in [1.29, 1.82) is 0 Å². The fourth-order valence-corrected chi connectivity index (χ4v) is 1.90. The summed E-state index contributed by atoms with van der Waals surface area (Å²) >= 11 is 2.41. The molecule has 7 heteroatoms. The van der Waals surface area contributed by atoms with Crippen molar-refractivity contribution >= 4 is 46.7 Å². The van der Waals surface area contributed by atoms with Gasteiger partial charge in [-0.15, -0.1) is 0 Å². The van der Waals surface area contributed by atoms with Crippen molar-refractivity contribution in [2.75, 3.05) is 0 Å².